The first-order valence-corrected chi connectivity index (χ1v) is 9.91. The Balaban J connectivity index is 1.63. The maximum absolute atomic E-state index is 13.3. The molecule has 7 heteroatoms. The third-order valence-corrected chi connectivity index (χ3v) is 5.47. The number of amides is 1. The third kappa shape index (κ3) is 3.63. The zero-order chi connectivity index (χ0) is 21.3. The molecule has 1 amide bonds. The van der Waals surface area contributed by atoms with E-state index >= 15 is 0 Å². The van der Waals surface area contributed by atoms with Crippen LogP contribution in [0, 0.1) is 5.82 Å². The summed E-state index contributed by atoms with van der Waals surface area (Å²) in [7, 11) is 3.19. The summed E-state index contributed by atoms with van der Waals surface area (Å²) in [5.41, 5.74) is 3.96. The fourth-order valence-electron chi connectivity index (χ4n) is 3.94. The van der Waals surface area contributed by atoms with Gasteiger partial charge >= 0.3 is 0 Å². The first kappa shape index (κ1) is 19.9. The molecule has 156 valence electrons. The summed E-state index contributed by atoms with van der Waals surface area (Å²) in [6.07, 6.45) is 2.61. The van der Waals surface area contributed by atoms with E-state index in [2.05, 4.69) is 10.4 Å². The molecule has 30 heavy (non-hydrogen) atoms. The summed E-state index contributed by atoms with van der Waals surface area (Å²) in [5, 5.41) is 7.61. The van der Waals surface area contributed by atoms with Gasteiger partial charge < -0.3 is 14.8 Å². The summed E-state index contributed by atoms with van der Waals surface area (Å²) >= 11 is 0. The van der Waals surface area contributed by atoms with Gasteiger partial charge in [0, 0.05) is 16.8 Å². The molecule has 1 aliphatic rings. The zero-order valence-corrected chi connectivity index (χ0v) is 17.2. The van der Waals surface area contributed by atoms with E-state index in [0.717, 1.165) is 41.8 Å². The maximum Gasteiger partial charge on any atom is 0.272 e. The van der Waals surface area contributed by atoms with Crippen molar-refractivity contribution >= 4 is 5.91 Å². The largest absolute Gasteiger partial charge is 0.497 e. The molecule has 1 heterocycles. The van der Waals surface area contributed by atoms with E-state index in [1.165, 1.54) is 12.1 Å². The number of hydrogen-bond donors (Lipinski definition) is 1. The van der Waals surface area contributed by atoms with E-state index in [4.69, 9.17) is 9.47 Å². The van der Waals surface area contributed by atoms with Gasteiger partial charge in [-0.15, -0.1) is 0 Å². The van der Waals surface area contributed by atoms with Gasteiger partial charge in [-0.05, 0) is 68.7 Å². The van der Waals surface area contributed by atoms with Crippen LogP contribution in [0.3, 0.4) is 0 Å². The molecule has 0 aliphatic heterocycles. The van der Waals surface area contributed by atoms with E-state index in [9.17, 15) is 9.18 Å². The lowest BCUT2D eigenvalue weighted by molar-refractivity contribution is 0.0933. The Kier molecular flexibility index (Phi) is 5.44. The molecule has 0 saturated heterocycles. The van der Waals surface area contributed by atoms with Gasteiger partial charge in [0.25, 0.3) is 5.91 Å². The van der Waals surface area contributed by atoms with E-state index < -0.39 is 0 Å². The minimum Gasteiger partial charge on any atom is -0.497 e. The van der Waals surface area contributed by atoms with Crippen LogP contribution >= 0.6 is 0 Å². The molecule has 3 aromatic rings. The second-order valence-electron chi connectivity index (χ2n) is 7.32. The van der Waals surface area contributed by atoms with Crippen LogP contribution in [-0.4, -0.2) is 29.9 Å². The Morgan fingerprint density at radius 3 is 2.60 bits per heavy atom. The number of rotatable bonds is 6. The van der Waals surface area contributed by atoms with Crippen LogP contribution in [0.1, 0.15) is 46.7 Å². The molecule has 0 spiro atoms. The predicted molar refractivity (Wildman–Crippen MR) is 111 cm³/mol. The van der Waals surface area contributed by atoms with Crippen molar-refractivity contribution in [2.24, 2.45) is 0 Å². The summed E-state index contributed by atoms with van der Waals surface area (Å²) in [5.74, 6) is 0.812. The van der Waals surface area contributed by atoms with Gasteiger partial charge in [-0.3, -0.25) is 4.79 Å². The molecule has 2 aromatic carbocycles. The maximum atomic E-state index is 13.3. The Hall–Kier alpha value is -3.35. The number of carbonyl (C=O) groups excluding carboxylic acids is 1. The van der Waals surface area contributed by atoms with Gasteiger partial charge in [-0.25, -0.2) is 9.07 Å². The number of nitrogens with one attached hydrogen (secondary N) is 1. The number of halogens is 1. The first-order chi connectivity index (χ1) is 14.5. The van der Waals surface area contributed by atoms with Crippen molar-refractivity contribution in [3.63, 3.8) is 0 Å². The number of aromatic nitrogens is 2. The smallest absolute Gasteiger partial charge is 0.272 e. The van der Waals surface area contributed by atoms with Crippen LogP contribution in [-0.2, 0) is 12.8 Å². The van der Waals surface area contributed by atoms with Crippen molar-refractivity contribution in [2.45, 2.75) is 32.2 Å². The Bertz CT molecular complexity index is 1080. The van der Waals surface area contributed by atoms with Crippen LogP contribution in [0.4, 0.5) is 4.39 Å². The number of nitrogens with zero attached hydrogens (tertiary/aromatic N) is 2. The Labute approximate surface area is 174 Å². The first-order valence-electron chi connectivity index (χ1n) is 9.91. The number of methoxy groups -OCH3 is 2. The SMILES string of the molecule is COc1ccc(OC)c([C@H](C)NC(=O)c2nn(-c3ccc(F)cc3)c3c2CCC3)c1. The monoisotopic (exact) mass is 409 g/mol. The van der Waals surface area contributed by atoms with Crippen LogP contribution < -0.4 is 14.8 Å². The molecule has 1 aliphatic carbocycles. The van der Waals surface area contributed by atoms with Gasteiger partial charge in [-0.1, -0.05) is 0 Å². The number of carbonyl (C=O) groups is 1. The fraction of sp³-hybridized carbons (Fsp3) is 0.304. The predicted octanol–water partition coefficient (Wildman–Crippen LogP) is 4.01. The van der Waals surface area contributed by atoms with Gasteiger partial charge in [0.15, 0.2) is 5.69 Å². The average Bonchev–Trinajstić information content (AvgIpc) is 3.36. The van der Waals surface area contributed by atoms with Gasteiger partial charge in [0.1, 0.15) is 17.3 Å². The molecule has 0 bridgehead atoms. The highest BCUT2D eigenvalue weighted by molar-refractivity contribution is 5.94. The topological polar surface area (TPSA) is 65.4 Å². The quantitative estimate of drug-likeness (QED) is 0.668. The number of ether oxygens (including phenoxy) is 2. The Morgan fingerprint density at radius 1 is 1.13 bits per heavy atom. The second kappa shape index (κ2) is 8.18. The van der Waals surface area contributed by atoms with Crippen LogP contribution in [0.2, 0.25) is 0 Å². The average molecular weight is 409 g/mol. The molecule has 1 N–H and O–H groups in total. The minimum atomic E-state index is -0.310. The highest BCUT2D eigenvalue weighted by Gasteiger charge is 2.28. The summed E-state index contributed by atoms with van der Waals surface area (Å²) in [6.45, 7) is 1.90. The van der Waals surface area contributed by atoms with Crippen molar-refractivity contribution in [1.82, 2.24) is 15.1 Å². The standard InChI is InChI=1S/C23H24FN3O3/c1-14(19-13-17(29-2)11-12-21(19)30-3)25-23(28)22-18-5-4-6-20(18)27(26-22)16-9-7-15(24)8-10-16/h7-14H,4-6H2,1-3H3,(H,25,28)/t14-/m0/s1. The number of fused-ring (bicyclic) bond motifs is 1. The lowest BCUT2D eigenvalue weighted by Gasteiger charge is -2.18. The van der Waals surface area contributed by atoms with E-state index in [0.29, 0.717) is 17.2 Å². The highest BCUT2D eigenvalue weighted by atomic mass is 19.1. The number of benzene rings is 2. The molecule has 0 fully saturated rings. The second-order valence-corrected chi connectivity index (χ2v) is 7.32. The van der Waals surface area contributed by atoms with Crippen molar-refractivity contribution in [1.29, 1.82) is 0 Å². The lowest BCUT2D eigenvalue weighted by atomic mass is 10.1. The molecule has 0 radical (unpaired) electrons. The van der Waals surface area contributed by atoms with Crippen molar-refractivity contribution in [3.05, 3.63) is 70.8 Å². The van der Waals surface area contributed by atoms with Gasteiger partial charge in [0.05, 0.1) is 25.9 Å². The molecular formula is C23H24FN3O3. The van der Waals surface area contributed by atoms with Crippen LogP contribution in [0.25, 0.3) is 5.69 Å². The van der Waals surface area contributed by atoms with Crippen molar-refractivity contribution < 1.29 is 18.7 Å². The molecule has 4 rings (SSSR count). The third-order valence-electron chi connectivity index (χ3n) is 5.47. The molecule has 1 atom stereocenters. The zero-order valence-electron chi connectivity index (χ0n) is 17.2. The minimum absolute atomic E-state index is 0.244. The van der Waals surface area contributed by atoms with E-state index in [1.807, 2.05) is 25.1 Å². The molecule has 0 unspecified atom stereocenters. The van der Waals surface area contributed by atoms with E-state index in [1.54, 1.807) is 31.0 Å². The van der Waals surface area contributed by atoms with Crippen molar-refractivity contribution in [2.75, 3.05) is 14.2 Å². The summed E-state index contributed by atoms with van der Waals surface area (Å²) in [6, 6.07) is 11.3. The molecule has 0 saturated carbocycles. The molecular weight excluding hydrogens is 385 g/mol. The fourth-order valence-corrected chi connectivity index (χ4v) is 3.94. The van der Waals surface area contributed by atoms with Crippen LogP contribution in [0.5, 0.6) is 11.5 Å². The van der Waals surface area contributed by atoms with Crippen molar-refractivity contribution in [3.8, 4) is 17.2 Å². The summed E-state index contributed by atoms with van der Waals surface area (Å²) < 4.78 is 25.8. The Morgan fingerprint density at radius 2 is 1.90 bits per heavy atom. The lowest BCUT2D eigenvalue weighted by Crippen LogP contribution is -2.28. The molecule has 6 nitrogen and oxygen atoms in total. The van der Waals surface area contributed by atoms with Gasteiger partial charge in [-0.2, -0.15) is 5.10 Å². The normalized spacial score (nSPS) is 13.6. The van der Waals surface area contributed by atoms with E-state index in [-0.39, 0.29) is 17.8 Å². The highest BCUT2D eigenvalue weighted by Crippen LogP contribution is 2.31. The van der Waals surface area contributed by atoms with Gasteiger partial charge in [0.2, 0.25) is 0 Å². The molecule has 1 aromatic heterocycles. The summed E-state index contributed by atoms with van der Waals surface area (Å²) in [4.78, 5) is 13.1. The van der Waals surface area contributed by atoms with Crippen LogP contribution in [0.15, 0.2) is 42.5 Å². The number of hydrogen-bond acceptors (Lipinski definition) is 4.